The second-order valence-electron chi connectivity index (χ2n) is 9.71. The first-order chi connectivity index (χ1) is 20.2. The van der Waals surface area contributed by atoms with Crippen molar-refractivity contribution in [3.63, 3.8) is 0 Å². The number of aryl methyl sites for hydroxylation is 1. The molecule has 0 spiro atoms. The molecular formula is C29H37N8O2S2+. The van der Waals surface area contributed by atoms with Gasteiger partial charge in [-0.2, -0.15) is 0 Å². The van der Waals surface area contributed by atoms with Gasteiger partial charge in [0.1, 0.15) is 5.00 Å². The zero-order valence-corrected chi connectivity index (χ0v) is 25.1. The van der Waals surface area contributed by atoms with Gasteiger partial charge in [-0.15, -0.1) is 21.6 Å². The molecule has 2 aromatic heterocycles. The summed E-state index contributed by atoms with van der Waals surface area (Å²) in [6, 6.07) is 18.5. The number of hydrogen-bond donors (Lipinski definition) is 4. The van der Waals surface area contributed by atoms with Crippen LogP contribution in [0.4, 0.5) is 37.9 Å². The predicted octanol–water partition coefficient (Wildman–Crippen LogP) is 6.74. The lowest BCUT2D eigenvalue weighted by molar-refractivity contribution is -0.538. The first-order valence-electron chi connectivity index (χ1n) is 13.8. The van der Waals surface area contributed by atoms with Crippen LogP contribution in [0, 0.1) is 6.92 Å². The summed E-state index contributed by atoms with van der Waals surface area (Å²) in [5, 5.41) is 13.6. The summed E-state index contributed by atoms with van der Waals surface area (Å²) in [6.45, 7) is 6.24. The van der Waals surface area contributed by atoms with Gasteiger partial charge in [-0.3, -0.25) is 5.43 Å². The number of nitrogen functional groups attached to an aromatic ring is 1. The summed E-state index contributed by atoms with van der Waals surface area (Å²) in [5.74, 6) is 0. The van der Waals surface area contributed by atoms with Crippen LogP contribution in [0.2, 0.25) is 0 Å². The SMILES string of the molecule is COCCCOCc1csc(N=Nc2ccc(N[NH2+]c3ccc(NNc4ccc(N5CCCC5)s4)cc3C)cc2)n1. The molecule has 1 aliphatic rings. The molecule has 5 N–H and O–H groups in total. The maximum Gasteiger partial charge on any atom is 0.230 e. The van der Waals surface area contributed by atoms with Gasteiger partial charge in [0.2, 0.25) is 5.13 Å². The fourth-order valence-electron chi connectivity index (χ4n) is 4.33. The molecular weight excluding hydrogens is 557 g/mol. The molecule has 0 unspecified atom stereocenters. The number of azo groups is 1. The molecule has 0 aliphatic carbocycles. The smallest absolute Gasteiger partial charge is 0.230 e. The monoisotopic (exact) mass is 593 g/mol. The Hall–Kier alpha value is -3.55. The Morgan fingerprint density at radius 3 is 2.61 bits per heavy atom. The van der Waals surface area contributed by atoms with E-state index < -0.39 is 0 Å². The van der Waals surface area contributed by atoms with Gasteiger partial charge in [-0.1, -0.05) is 11.3 Å². The largest absolute Gasteiger partial charge is 0.385 e. The van der Waals surface area contributed by atoms with E-state index in [1.165, 1.54) is 34.7 Å². The fourth-order valence-corrected chi connectivity index (χ4v) is 5.86. The first kappa shape index (κ1) is 29.0. The van der Waals surface area contributed by atoms with E-state index in [9.17, 15) is 0 Å². The molecule has 2 aromatic carbocycles. The van der Waals surface area contributed by atoms with Gasteiger partial charge in [0.15, 0.2) is 5.69 Å². The third-order valence-electron chi connectivity index (χ3n) is 6.55. The first-order valence-corrected chi connectivity index (χ1v) is 15.5. The summed E-state index contributed by atoms with van der Waals surface area (Å²) < 4.78 is 10.6. The molecule has 216 valence electrons. The Bertz CT molecular complexity index is 1400. The Morgan fingerprint density at radius 2 is 1.80 bits per heavy atom. The number of ether oxygens (including phenoxy) is 2. The molecule has 12 heteroatoms. The van der Waals surface area contributed by atoms with Crippen LogP contribution in [0.3, 0.4) is 0 Å². The van der Waals surface area contributed by atoms with Crippen LogP contribution in [-0.2, 0) is 16.1 Å². The lowest BCUT2D eigenvalue weighted by atomic mass is 10.2. The van der Waals surface area contributed by atoms with Crippen molar-refractivity contribution in [1.82, 2.24) is 4.98 Å². The van der Waals surface area contributed by atoms with E-state index in [0.717, 1.165) is 53.0 Å². The molecule has 5 rings (SSSR count). The van der Waals surface area contributed by atoms with E-state index in [-0.39, 0.29) is 0 Å². The van der Waals surface area contributed by atoms with Gasteiger partial charge in [0.25, 0.3) is 0 Å². The summed E-state index contributed by atoms with van der Waals surface area (Å²) in [4.78, 5) is 6.91. The average Bonchev–Trinajstić information content (AvgIpc) is 3.77. The second-order valence-corrected chi connectivity index (χ2v) is 11.6. The lowest BCUT2D eigenvalue weighted by Gasteiger charge is -2.14. The number of nitrogens with one attached hydrogen (secondary N) is 3. The minimum Gasteiger partial charge on any atom is -0.385 e. The van der Waals surface area contributed by atoms with Crippen molar-refractivity contribution >= 4 is 60.6 Å². The standard InChI is InChI=1S/C29H36N8O2S2/c1-21-18-24(33-35-27-12-13-28(41-27)37-14-3-4-15-37)10-11-26(21)34-31-22-6-8-23(9-7-22)32-36-29-30-25(20-40-29)19-39-17-5-16-38-2/h6-13,18,20,31,33-35H,3-5,14-17,19H2,1-2H3/p+1. The highest BCUT2D eigenvalue weighted by molar-refractivity contribution is 7.20. The molecule has 10 nitrogen and oxygen atoms in total. The number of hydrogen-bond acceptors (Lipinski definition) is 11. The normalized spacial score (nSPS) is 13.3. The quantitative estimate of drug-likeness (QED) is 0.0397. The van der Waals surface area contributed by atoms with Crippen molar-refractivity contribution in [1.29, 1.82) is 0 Å². The molecule has 0 bridgehead atoms. The van der Waals surface area contributed by atoms with Crippen molar-refractivity contribution in [3.05, 3.63) is 71.2 Å². The Labute approximate surface area is 248 Å². The van der Waals surface area contributed by atoms with Crippen LogP contribution in [0.5, 0.6) is 0 Å². The third kappa shape index (κ3) is 8.72. The van der Waals surface area contributed by atoms with Crippen molar-refractivity contribution in [2.75, 3.05) is 54.6 Å². The molecule has 0 atom stereocenters. The number of nitrogens with zero attached hydrogens (tertiary/aromatic N) is 4. The van der Waals surface area contributed by atoms with Crippen LogP contribution in [-0.4, -0.2) is 38.4 Å². The van der Waals surface area contributed by atoms with Crippen LogP contribution in [0.25, 0.3) is 0 Å². The predicted molar refractivity (Wildman–Crippen MR) is 168 cm³/mol. The Balaban J connectivity index is 1.05. The van der Waals surface area contributed by atoms with Crippen LogP contribution < -0.4 is 26.6 Å². The number of thiazole rings is 1. The molecule has 1 fully saturated rings. The number of thiophene rings is 1. The number of nitrogens with two attached hydrogens (primary N) is 1. The number of benzene rings is 2. The average molecular weight is 594 g/mol. The molecule has 0 radical (unpaired) electrons. The van der Waals surface area contributed by atoms with E-state index >= 15 is 0 Å². The Kier molecular flexibility index (Phi) is 10.5. The van der Waals surface area contributed by atoms with Crippen LogP contribution in [0.1, 0.15) is 30.5 Å². The molecule has 0 saturated carbocycles. The third-order valence-corrected chi connectivity index (χ3v) is 8.38. The number of hydrazine groups is 1. The maximum absolute atomic E-state index is 5.60. The second kappa shape index (κ2) is 14.9. The van der Waals surface area contributed by atoms with E-state index in [1.54, 1.807) is 18.4 Å². The highest BCUT2D eigenvalue weighted by Gasteiger charge is 2.14. The molecule has 0 amide bonds. The summed E-state index contributed by atoms with van der Waals surface area (Å²) in [5.41, 5.74) is 18.0. The maximum atomic E-state index is 5.60. The lowest BCUT2D eigenvalue weighted by Crippen LogP contribution is -2.82. The summed E-state index contributed by atoms with van der Waals surface area (Å²) >= 11 is 3.24. The van der Waals surface area contributed by atoms with Gasteiger partial charge in [-0.05, 0) is 74.7 Å². The molecule has 1 aliphatic heterocycles. The molecule has 41 heavy (non-hydrogen) atoms. The van der Waals surface area contributed by atoms with E-state index in [0.29, 0.717) is 25.0 Å². The van der Waals surface area contributed by atoms with Crippen molar-refractivity contribution in [2.45, 2.75) is 32.8 Å². The van der Waals surface area contributed by atoms with E-state index in [2.05, 4.69) is 73.6 Å². The minimum atomic E-state index is 0.469. The summed E-state index contributed by atoms with van der Waals surface area (Å²) in [7, 11) is 1.69. The van der Waals surface area contributed by atoms with Crippen LogP contribution in [0.15, 0.2) is 70.2 Å². The number of rotatable bonds is 15. The minimum absolute atomic E-state index is 0.469. The topological polar surface area (TPSA) is 112 Å². The van der Waals surface area contributed by atoms with Gasteiger partial charge in [-0.25, -0.2) is 15.8 Å². The molecule has 1 saturated heterocycles. The van der Waals surface area contributed by atoms with E-state index in [1.807, 2.05) is 35.1 Å². The molecule has 3 heterocycles. The number of anilines is 4. The van der Waals surface area contributed by atoms with Gasteiger partial charge in [0.05, 0.1) is 34.4 Å². The number of quaternary nitrogens is 1. The highest BCUT2D eigenvalue weighted by Crippen LogP contribution is 2.32. The van der Waals surface area contributed by atoms with E-state index in [4.69, 9.17) is 9.47 Å². The Morgan fingerprint density at radius 1 is 0.976 bits per heavy atom. The van der Waals surface area contributed by atoms with Gasteiger partial charge in [0, 0.05) is 50.4 Å². The fraction of sp³-hybridized carbons (Fsp3) is 0.345. The van der Waals surface area contributed by atoms with Gasteiger partial charge < -0.3 is 19.8 Å². The highest BCUT2D eigenvalue weighted by atomic mass is 32.1. The number of methoxy groups -OCH3 is 1. The van der Waals surface area contributed by atoms with Crippen LogP contribution >= 0.6 is 22.7 Å². The van der Waals surface area contributed by atoms with Crippen molar-refractivity contribution in [2.24, 2.45) is 10.2 Å². The summed E-state index contributed by atoms with van der Waals surface area (Å²) in [6.07, 6.45) is 3.44. The molecule has 4 aromatic rings. The zero-order valence-electron chi connectivity index (χ0n) is 23.4. The number of aromatic nitrogens is 1. The zero-order chi connectivity index (χ0) is 28.3. The van der Waals surface area contributed by atoms with Crippen molar-refractivity contribution in [3.8, 4) is 0 Å². The van der Waals surface area contributed by atoms with Gasteiger partial charge >= 0.3 is 0 Å². The van der Waals surface area contributed by atoms with Crippen molar-refractivity contribution < 1.29 is 14.9 Å².